The fourth-order valence-electron chi connectivity index (χ4n) is 2.98. The lowest BCUT2D eigenvalue weighted by molar-refractivity contribution is -0.128. The molecule has 0 bridgehead atoms. The molecule has 0 aliphatic carbocycles. The number of carbonyl (C=O) groups is 1. The molecule has 1 aliphatic rings. The van der Waals surface area contributed by atoms with Crippen LogP contribution in [0.5, 0.6) is 0 Å². The molecule has 1 fully saturated rings. The fourth-order valence-corrected chi connectivity index (χ4v) is 3.81. The van der Waals surface area contributed by atoms with Crippen LogP contribution in [0.2, 0.25) is 0 Å². The lowest BCUT2D eigenvalue weighted by atomic mass is 10.0. The van der Waals surface area contributed by atoms with Crippen molar-refractivity contribution < 1.29 is 13.2 Å². The number of hydrogen-bond donors (Lipinski definition) is 1. The molecule has 5 nitrogen and oxygen atoms in total. The summed E-state index contributed by atoms with van der Waals surface area (Å²) >= 11 is 0. The molecule has 23 heavy (non-hydrogen) atoms. The third-order valence-electron chi connectivity index (χ3n) is 4.18. The van der Waals surface area contributed by atoms with E-state index in [0.717, 1.165) is 16.3 Å². The number of carbonyl (C=O) groups excluding carboxylic acids is 1. The van der Waals surface area contributed by atoms with Crippen LogP contribution in [0.3, 0.4) is 0 Å². The first-order valence-corrected chi connectivity index (χ1v) is 9.38. The predicted octanol–water partition coefficient (Wildman–Crippen LogP) is 1.88. The molecule has 2 aromatic rings. The van der Waals surface area contributed by atoms with Crippen LogP contribution in [0.1, 0.15) is 18.9 Å². The highest BCUT2D eigenvalue weighted by molar-refractivity contribution is 7.89. The third kappa shape index (κ3) is 3.54. The molecule has 1 unspecified atom stereocenters. The van der Waals surface area contributed by atoms with E-state index in [1.807, 2.05) is 42.5 Å². The maximum Gasteiger partial charge on any atom is 0.224 e. The van der Waals surface area contributed by atoms with Gasteiger partial charge in [-0.2, -0.15) is 0 Å². The summed E-state index contributed by atoms with van der Waals surface area (Å²) in [7, 11) is -3.29. The average Bonchev–Trinajstić information content (AvgIpc) is 2.86. The van der Waals surface area contributed by atoms with Gasteiger partial charge in [0.1, 0.15) is 0 Å². The van der Waals surface area contributed by atoms with Crippen molar-refractivity contribution in [3.63, 3.8) is 0 Å². The van der Waals surface area contributed by atoms with Crippen LogP contribution in [0, 0.1) is 0 Å². The summed E-state index contributed by atoms with van der Waals surface area (Å²) in [6, 6.07) is 13.8. The van der Waals surface area contributed by atoms with Crippen LogP contribution in [-0.2, 0) is 21.4 Å². The van der Waals surface area contributed by atoms with Gasteiger partial charge >= 0.3 is 0 Å². The van der Waals surface area contributed by atoms with Crippen molar-refractivity contribution in [2.24, 2.45) is 0 Å². The Morgan fingerprint density at radius 2 is 1.91 bits per heavy atom. The average molecular weight is 332 g/mol. The van der Waals surface area contributed by atoms with Crippen molar-refractivity contribution in [1.82, 2.24) is 9.62 Å². The Morgan fingerprint density at radius 1 is 1.17 bits per heavy atom. The number of nitrogens with zero attached hydrogens (tertiary/aromatic N) is 1. The Hall–Kier alpha value is -1.92. The summed E-state index contributed by atoms with van der Waals surface area (Å²) in [5.41, 5.74) is 1.08. The fraction of sp³-hybridized carbons (Fsp3) is 0.353. The monoisotopic (exact) mass is 332 g/mol. The molecule has 0 aromatic heterocycles. The first kappa shape index (κ1) is 16.0. The van der Waals surface area contributed by atoms with Gasteiger partial charge in [0.05, 0.1) is 5.75 Å². The summed E-state index contributed by atoms with van der Waals surface area (Å²) in [6.45, 7) is 2.51. The molecule has 0 radical (unpaired) electrons. The highest BCUT2D eigenvalue weighted by atomic mass is 32.2. The Morgan fingerprint density at radius 3 is 2.70 bits per heavy atom. The van der Waals surface area contributed by atoms with E-state index in [0.29, 0.717) is 13.1 Å². The normalized spacial score (nSPS) is 18.7. The number of likely N-dealkylation sites (tertiary alicyclic amines) is 1. The highest BCUT2D eigenvalue weighted by Gasteiger charge is 2.31. The number of amides is 1. The molecule has 1 aliphatic heterocycles. The number of nitrogens with one attached hydrogen (secondary N) is 1. The molecule has 6 heteroatoms. The summed E-state index contributed by atoms with van der Waals surface area (Å²) in [6.07, 6.45) is 0.226. The lowest BCUT2D eigenvalue weighted by Gasteiger charge is -2.18. The first-order valence-electron chi connectivity index (χ1n) is 7.73. The molecule has 1 amide bonds. The largest absolute Gasteiger partial charge is 0.337 e. The Bertz CT molecular complexity index is 827. The van der Waals surface area contributed by atoms with Gasteiger partial charge < -0.3 is 4.90 Å². The van der Waals surface area contributed by atoms with Crippen molar-refractivity contribution in [2.75, 3.05) is 12.3 Å². The van der Waals surface area contributed by atoms with Crippen LogP contribution in [-0.4, -0.2) is 37.6 Å². The van der Waals surface area contributed by atoms with Crippen LogP contribution < -0.4 is 4.72 Å². The van der Waals surface area contributed by atoms with E-state index in [1.54, 1.807) is 11.8 Å². The molecule has 0 saturated carbocycles. The van der Waals surface area contributed by atoms with E-state index in [1.165, 1.54) is 0 Å². The van der Waals surface area contributed by atoms with Crippen LogP contribution in [0.25, 0.3) is 10.8 Å². The number of benzene rings is 2. The topological polar surface area (TPSA) is 66.5 Å². The molecule has 122 valence electrons. The Balaban J connectivity index is 1.76. The second-order valence-electron chi connectivity index (χ2n) is 5.83. The predicted molar refractivity (Wildman–Crippen MR) is 90.4 cm³/mol. The van der Waals surface area contributed by atoms with E-state index >= 15 is 0 Å². The standard InChI is InChI=1S/C17H20N2O3S/c1-2-23(21,22)18-15-10-17(20)19(12-15)11-14-8-5-7-13-6-3-4-9-16(13)14/h3-9,15,18H,2,10-12H2,1H3. The van der Waals surface area contributed by atoms with Gasteiger partial charge in [-0.15, -0.1) is 0 Å². The summed E-state index contributed by atoms with van der Waals surface area (Å²) in [5, 5.41) is 2.26. The van der Waals surface area contributed by atoms with E-state index < -0.39 is 10.0 Å². The molecular formula is C17H20N2O3S. The second-order valence-corrected chi connectivity index (χ2v) is 7.88. The number of fused-ring (bicyclic) bond motifs is 1. The maximum absolute atomic E-state index is 12.2. The van der Waals surface area contributed by atoms with Gasteiger partial charge in [-0.1, -0.05) is 42.5 Å². The van der Waals surface area contributed by atoms with Crippen molar-refractivity contribution in [3.05, 3.63) is 48.0 Å². The zero-order valence-electron chi connectivity index (χ0n) is 13.0. The zero-order chi connectivity index (χ0) is 16.4. The lowest BCUT2D eigenvalue weighted by Crippen LogP contribution is -2.37. The van der Waals surface area contributed by atoms with Gasteiger partial charge in [0.15, 0.2) is 0 Å². The number of rotatable bonds is 5. The van der Waals surface area contributed by atoms with Crippen molar-refractivity contribution in [2.45, 2.75) is 25.9 Å². The van der Waals surface area contributed by atoms with Gasteiger partial charge in [0, 0.05) is 25.6 Å². The van der Waals surface area contributed by atoms with E-state index in [9.17, 15) is 13.2 Å². The van der Waals surface area contributed by atoms with E-state index in [4.69, 9.17) is 0 Å². The van der Waals surface area contributed by atoms with Gasteiger partial charge in [0.2, 0.25) is 15.9 Å². The molecular weight excluding hydrogens is 312 g/mol. The van der Waals surface area contributed by atoms with Gasteiger partial charge in [0.25, 0.3) is 0 Å². The van der Waals surface area contributed by atoms with Crippen molar-refractivity contribution in [1.29, 1.82) is 0 Å². The molecule has 0 spiro atoms. The highest BCUT2D eigenvalue weighted by Crippen LogP contribution is 2.22. The van der Waals surface area contributed by atoms with Crippen LogP contribution >= 0.6 is 0 Å². The van der Waals surface area contributed by atoms with E-state index in [2.05, 4.69) is 4.72 Å². The molecule has 1 saturated heterocycles. The van der Waals surface area contributed by atoms with Gasteiger partial charge in [-0.05, 0) is 23.3 Å². The van der Waals surface area contributed by atoms with Gasteiger partial charge in [-0.3, -0.25) is 4.79 Å². The zero-order valence-corrected chi connectivity index (χ0v) is 13.8. The Kier molecular flexibility index (Phi) is 4.37. The molecule has 3 rings (SSSR count). The number of hydrogen-bond acceptors (Lipinski definition) is 3. The minimum Gasteiger partial charge on any atom is -0.337 e. The SMILES string of the molecule is CCS(=O)(=O)NC1CC(=O)N(Cc2cccc3ccccc23)C1. The second kappa shape index (κ2) is 6.29. The number of sulfonamides is 1. The molecule has 1 heterocycles. The van der Waals surface area contributed by atoms with E-state index in [-0.39, 0.29) is 24.1 Å². The van der Waals surface area contributed by atoms with Crippen LogP contribution in [0.4, 0.5) is 0 Å². The minimum absolute atomic E-state index is 0.0123. The smallest absolute Gasteiger partial charge is 0.224 e. The minimum atomic E-state index is -3.29. The van der Waals surface area contributed by atoms with Crippen molar-refractivity contribution >= 4 is 26.7 Å². The van der Waals surface area contributed by atoms with Crippen molar-refractivity contribution in [3.8, 4) is 0 Å². The quantitative estimate of drug-likeness (QED) is 0.909. The maximum atomic E-state index is 12.2. The van der Waals surface area contributed by atoms with Gasteiger partial charge in [-0.25, -0.2) is 13.1 Å². The first-order chi connectivity index (χ1) is 11.0. The molecule has 1 atom stereocenters. The summed E-state index contributed by atoms with van der Waals surface area (Å²) < 4.78 is 25.9. The van der Waals surface area contributed by atoms with Crippen LogP contribution in [0.15, 0.2) is 42.5 Å². The third-order valence-corrected chi connectivity index (χ3v) is 5.63. The Labute approximate surface area is 136 Å². The summed E-state index contributed by atoms with van der Waals surface area (Å²) in [5.74, 6) is 0.0165. The molecule has 1 N–H and O–H groups in total. The summed E-state index contributed by atoms with van der Waals surface area (Å²) in [4.78, 5) is 13.9. The molecule has 2 aromatic carbocycles.